The van der Waals surface area contributed by atoms with E-state index in [-0.39, 0.29) is 16.9 Å². The van der Waals surface area contributed by atoms with Crippen LogP contribution in [0.2, 0.25) is 0 Å². The molecule has 0 saturated carbocycles. The summed E-state index contributed by atoms with van der Waals surface area (Å²) in [5, 5.41) is 17.2. The Labute approximate surface area is 98.1 Å². The summed E-state index contributed by atoms with van der Waals surface area (Å²) in [6, 6.07) is 5.81. The van der Waals surface area contributed by atoms with E-state index in [0.29, 0.717) is 5.75 Å². The standard InChI is InChI=1S/C12H9FN2O2/c1-16-11-4-9(3-8(6-14)7-15)10(13)5-12(11)17-2/h3-5H,1-2H3. The van der Waals surface area contributed by atoms with Gasteiger partial charge in [0.25, 0.3) is 0 Å². The lowest BCUT2D eigenvalue weighted by Crippen LogP contribution is -1.94. The fourth-order valence-corrected chi connectivity index (χ4v) is 1.23. The van der Waals surface area contributed by atoms with E-state index in [1.165, 1.54) is 20.3 Å². The van der Waals surface area contributed by atoms with Crippen molar-refractivity contribution in [1.82, 2.24) is 0 Å². The van der Waals surface area contributed by atoms with Gasteiger partial charge in [0.15, 0.2) is 11.5 Å². The molecule has 0 heterocycles. The fraction of sp³-hybridized carbons (Fsp3) is 0.167. The molecule has 4 nitrogen and oxygen atoms in total. The average molecular weight is 232 g/mol. The van der Waals surface area contributed by atoms with Gasteiger partial charge in [0, 0.05) is 11.6 Å². The van der Waals surface area contributed by atoms with Crippen LogP contribution in [0.4, 0.5) is 4.39 Å². The second kappa shape index (κ2) is 5.53. The van der Waals surface area contributed by atoms with Gasteiger partial charge in [-0.15, -0.1) is 0 Å². The highest BCUT2D eigenvalue weighted by Crippen LogP contribution is 2.30. The normalized spacial score (nSPS) is 8.76. The summed E-state index contributed by atoms with van der Waals surface area (Å²) in [7, 11) is 2.81. The fourth-order valence-electron chi connectivity index (χ4n) is 1.23. The molecule has 0 spiro atoms. The minimum absolute atomic E-state index is 0.0979. The van der Waals surface area contributed by atoms with Crippen molar-refractivity contribution >= 4 is 6.08 Å². The zero-order valence-corrected chi connectivity index (χ0v) is 9.32. The van der Waals surface area contributed by atoms with E-state index in [2.05, 4.69) is 0 Å². The Morgan fingerprint density at radius 3 is 2.18 bits per heavy atom. The molecule has 0 atom stereocenters. The van der Waals surface area contributed by atoms with Gasteiger partial charge in [-0.2, -0.15) is 10.5 Å². The Kier molecular flexibility index (Phi) is 4.08. The van der Waals surface area contributed by atoms with Gasteiger partial charge in [0.05, 0.1) is 14.2 Å². The average Bonchev–Trinajstić information content (AvgIpc) is 2.36. The number of methoxy groups -OCH3 is 2. The lowest BCUT2D eigenvalue weighted by Gasteiger charge is -2.08. The third-order valence-corrected chi connectivity index (χ3v) is 2.04. The predicted octanol–water partition coefficient (Wildman–Crippen LogP) is 2.27. The highest BCUT2D eigenvalue weighted by Gasteiger charge is 2.10. The summed E-state index contributed by atoms with van der Waals surface area (Å²) in [4.78, 5) is 0. The van der Waals surface area contributed by atoms with Crippen molar-refractivity contribution in [3.8, 4) is 23.6 Å². The zero-order chi connectivity index (χ0) is 12.8. The van der Waals surface area contributed by atoms with Crippen molar-refractivity contribution < 1.29 is 13.9 Å². The minimum Gasteiger partial charge on any atom is -0.493 e. The number of nitriles is 2. The Hall–Kier alpha value is -2.53. The Balaban J connectivity index is 3.33. The molecule has 0 fully saturated rings. The molecule has 0 aliphatic rings. The molecule has 0 radical (unpaired) electrons. The monoisotopic (exact) mass is 232 g/mol. The number of ether oxygens (including phenoxy) is 2. The topological polar surface area (TPSA) is 66.0 Å². The molecule has 0 amide bonds. The van der Waals surface area contributed by atoms with Crippen LogP contribution in [0.15, 0.2) is 17.7 Å². The van der Waals surface area contributed by atoms with Crippen LogP contribution in [0.1, 0.15) is 5.56 Å². The van der Waals surface area contributed by atoms with Gasteiger partial charge in [-0.05, 0) is 12.1 Å². The molecule has 0 aromatic heterocycles. The second-order valence-electron chi connectivity index (χ2n) is 3.01. The van der Waals surface area contributed by atoms with Crippen molar-refractivity contribution in [2.75, 3.05) is 14.2 Å². The molecule has 0 unspecified atom stereocenters. The first kappa shape index (κ1) is 12.5. The largest absolute Gasteiger partial charge is 0.493 e. The third kappa shape index (κ3) is 2.73. The molecule has 1 aromatic carbocycles. The van der Waals surface area contributed by atoms with E-state index in [0.717, 1.165) is 12.1 Å². The molecular formula is C12H9FN2O2. The van der Waals surface area contributed by atoms with Crippen molar-refractivity contribution in [2.45, 2.75) is 0 Å². The zero-order valence-electron chi connectivity index (χ0n) is 9.32. The summed E-state index contributed by atoms with van der Waals surface area (Å²) in [5.74, 6) is -0.0151. The molecule has 0 saturated heterocycles. The lowest BCUT2D eigenvalue weighted by atomic mass is 10.1. The molecule has 1 aromatic rings. The maximum atomic E-state index is 13.6. The van der Waals surface area contributed by atoms with Crippen LogP contribution in [0.3, 0.4) is 0 Å². The lowest BCUT2D eigenvalue weighted by molar-refractivity contribution is 0.352. The van der Waals surface area contributed by atoms with Crippen molar-refractivity contribution in [3.63, 3.8) is 0 Å². The van der Waals surface area contributed by atoms with E-state index >= 15 is 0 Å². The Bertz CT molecular complexity index is 523. The quantitative estimate of drug-likeness (QED) is 0.750. The van der Waals surface area contributed by atoms with Gasteiger partial charge in [-0.25, -0.2) is 4.39 Å². The van der Waals surface area contributed by atoms with Gasteiger partial charge in [0.1, 0.15) is 23.5 Å². The molecule has 5 heteroatoms. The van der Waals surface area contributed by atoms with Gasteiger partial charge < -0.3 is 9.47 Å². The molecular weight excluding hydrogens is 223 g/mol. The summed E-state index contributed by atoms with van der Waals surface area (Å²) >= 11 is 0. The van der Waals surface area contributed by atoms with Crippen LogP contribution in [0.25, 0.3) is 6.08 Å². The number of hydrogen-bond donors (Lipinski definition) is 0. The molecule has 17 heavy (non-hydrogen) atoms. The smallest absolute Gasteiger partial charge is 0.163 e. The SMILES string of the molecule is COc1cc(F)c(C=C(C#N)C#N)cc1OC. The van der Waals surface area contributed by atoms with Crippen LogP contribution < -0.4 is 9.47 Å². The minimum atomic E-state index is -0.592. The number of allylic oxidation sites excluding steroid dienone is 1. The van der Waals surface area contributed by atoms with Crippen molar-refractivity contribution in [3.05, 3.63) is 29.1 Å². The molecule has 0 bridgehead atoms. The first-order valence-corrected chi connectivity index (χ1v) is 4.59. The van der Waals surface area contributed by atoms with Crippen molar-refractivity contribution in [1.29, 1.82) is 10.5 Å². The molecule has 0 N–H and O–H groups in total. The van der Waals surface area contributed by atoms with Crippen molar-refractivity contribution in [2.24, 2.45) is 0 Å². The van der Waals surface area contributed by atoms with E-state index < -0.39 is 5.82 Å². The number of nitrogens with zero attached hydrogens (tertiary/aromatic N) is 2. The highest BCUT2D eigenvalue weighted by atomic mass is 19.1. The molecule has 86 valence electrons. The third-order valence-electron chi connectivity index (χ3n) is 2.04. The maximum absolute atomic E-state index is 13.6. The van der Waals surface area contributed by atoms with Crippen LogP contribution in [-0.4, -0.2) is 14.2 Å². The van der Waals surface area contributed by atoms with Crippen LogP contribution in [0, 0.1) is 28.5 Å². The summed E-state index contributed by atoms with van der Waals surface area (Å²) < 4.78 is 23.5. The summed E-state index contributed by atoms with van der Waals surface area (Å²) in [6.45, 7) is 0. The van der Waals surface area contributed by atoms with E-state index in [1.807, 2.05) is 0 Å². The van der Waals surface area contributed by atoms with Crippen LogP contribution in [-0.2, 0) is 0 Å². The number of rotatable bonds is 3. The molecule has 0 aliphatic heterocycles. The molecule has 0 aliphatic carbocycles. The second-order valence-corrected chi connectivity index (χ2v) is 3.01. The highest BCUT2D eigenvalue weighted by molar-refractivity contribution is 5.65. The van der Waals surface area contributed by atoms with Crippen LogP contribution >= 0.6 is 0 Å². The number of hydrogen-bond acceptors (Lipinski definition) is 4. The van der Waals surface area contributed by atoms with E-state index in [4.69, 9.17) is 20.0 Å². The first-order valence-electron chi connectivity index (χ1n) is 4.59. The number of halogens is 1. The van der Waals surface area contributed by atoms with E-state index in [1.54, 1.807) is 12.1 Å². The molecule has 1 rings (SSSR count). The van der Waals surface area contributed by atoms with Gasteiger partial charge in [-0.3, -0.25) is 0 Å². The number of benzene rings is 1. The Morgan fingerprint density at radius 1 is 1.18 bits per heavy atom. The van der Waals surface area contributed by atoms with E-state index in [9.17, 15) is 4.39 Å². The first-order chi connectivity index (χ1) is 8.15. The van der Waals surface area contributed by atoms with Gasteiger partial charge in [0.2, 0.25) is 0 Å². The van der Waals surface area contributed by atoms with Gasteiger partial charge in [-0.1, -0.05) is 0 Å². The Morgan fingerprint density at radius 2 is 1.71 bits per heavy atom. The maximum Gasteiger partial charge on any atom is 0.163 e. The van der Waals surface area contributed by atoms with Crippen LogP contribution in [0.5, 0.6) is 11.5 Å². The summed E-state index contributed by atoms with van der Waals surface area (Å²) in [5.41, 5.74) is -0.0862. The van der Waals surface area contributed by atoms with Gasteiger partial charge >= 0.3 is 0 Å². The predicted molar refractivity (Wildman–Crippen MR) is 58.7 cm³/mol. The summed E-state index contributed by atoms with van der Waals surface area (Å²) in [6.07, 6.45) is 1.15.